The number of halogens is 3. The number of aryl methyl sites for hydroxylation is 1. The van der Waals surface area contributed by atoms with Gasteiger partial charge in [0.25, 0.3) is 5.91 Å². The maximum atomic E-state index is 12.9. The van der Waals surface area contributed by atoms with Crippen molar-refractivity contribution < 1.29 is 18.0 Å². The predicted molar refractivity (Wildman–Crippen MR) is 90.2 cm³/mol. The lowest BCUT2D eigenvalue weighted by atomic mass is 10.2. The summed E-state index contributed by atoms with van der Waals surface area (Å²) in [6.45, 7) is 3.50. The van der Waals surface area contributed by atoms with Crippen LogP contribution in [0.15, 0.2) is 48.5 Å². The number of anilines is 1. The summed E-state index contributed by atoms with van der Waals surface area (Å²) in [6.07, 6.45) is -4.46. The van der Waals surface area contributed by atoms with Gasteiger partial charge in [-0.05, 0) is 44.2 Å². The lowest BCUT2D eigenvalue weighted by Crippen LogP contribution is -2.14. The Morgan fingerprint density at radius 3 is 2.42 bits per heavy atom. The molecule has 0 aliphatic carbocycles. The van der Waals surface area contributed by atoms with Crippen LogP contribution in [0.5, 0.6) is 0 Å². The summed E-state index contributed by atoms with van der Waals surface area (Å²) < 4.78 is 39.8. The van der Waals surface area contributed by atoms with Crippen molar-refractivity contribution in [2.24, 2.45) is 0 Å². The van der Waals surface area contributed by atoms with Crippen molar-refractivity contribution in [1.29, 1.82) is 0 Å². The first-order valence-electron chi connectivity index (χ1n) is 7.73. The predicted octanol–water partition coefficient (Wildman–Crippen LogP) is 4.16. The first-order chi connectivity index (χ1) is 12.3. The number of nitrogens with one attached hydrogen (secondary N) is 1. The fourth-order valence-electron chi connectivity index (χ4n) is 2.43. The molecule has 1 heterocycles. The second-order valence-corrected chi connectivity index (χ2v) is 5.80. The Bertz CT molecular complexity index is 946. The summed E-state index contributed by atoms with van der Waals surface area (Å²) >= 11 is 0. The molecule has 0 unspecified atom stereocenters. The molecule has 1 aromatic heterocycles. The number of aromatic nitrogens is 3. The van der Waals surface area contributed by atoms with E-state index in [0.717, 1.165) is 17.7 Å². The lowest BCUT2D eigenvalue weighted by Gasteiger charge is -2.09. The van der Waals surface area contributed by atoms with Crippen LogP contribution in [0.4, 0.5) is 18.9 Å². The van der Waals surface area contributed by atoms with Gasteiger partial charge in [-0.1, -0.05) is 29.0 Å². The summed E-state index contributed by atoms with van der Waals surface area (Å²) in [7, 11) is 0. The summed E-state index contributed by atoms with van der Waals surface area (Å²) in [6, 6.07) is 11.9. The van der Waals surface area contributed by atoms with Gasteiger partial charge in [-0.2, -0.15) is 13.2 Å². The van der Waals surface area contributed by atoms with Gasteiger partial charge in [-0.25, -0.2) is 4.68 Å². The van der Waals surface area contributed by atoms with E-state index in [0.29, 0.717) is 11.4 Å². The number of hydrogen-bond donors (Lipinski definition) is 1. The van der Waals surface area contributed by atoms with Gasteiger partial charge in [0.2, 0.25) is 0 Å². The molecule has 8 heteroatoms. The van der Waals surface area contributed by atoms with Gasteiger partial charge < -0.3 is 5.32 Å². The Hall–Kier alpha value is -3.16. The summed E-state index contributed by atoms with van der Waals surface area (Å²) in [4.78, 5) is 12.4. The minimum Gasteiger partial charge on any atom is -0.321 e. The van der Waals surface area contributed by atoms with Crippen LogP contribution < -0.4 is 5.32 Å². The number of carbonyl (C=O) groups is 1. The highest BCUT2D eigenvalue weighted by Gasteiger charge is 2.31. The van der Waals surface area contributed by atoms with Crippen LogP contribution >= 0.6 is 0 Å². The Morgan fingerprint density at radius 2 is 1.77 bits per heavy atom. The van der Waals surface area contributed by atoms with Crippen LogP contribution in [0.1, 0.15) is 27.3 Å². The lowest BCUT2D eigenvalue weighted by molar-refractivity contribution is -0.137. The van der Waals surface area contributed by atoms with E-state index in [1.807, 2.05) is 19.1 Å². The summed E-state index contributed by atoms with van der Waals surface area (Å²) in [5.74, 6) is -0.482. The van der Waals surface area contributed by atoms with Crippen molar-refractivity contribution >= 4 is 11.6 Å². The summed E-state index contributed by atoms with van der Waals surface area (Å²) in [5, 5.41) is 10.3. The highest BCUT2D eigenvalue weighted by atomic mass is 19.4. The van der Waals surface area contributed by atoms with Crippen molar-refractivity contribution in [2.45, 2.75) is 20.0 Å². The molecule has 1 N–H and O–H groups in total. The molecule has 3 aromatic rings. The van der Waals surface area contributed by atoms with Crippen LogP contribution in [-0.2, 0) is 6.18 Å². The zero-order valence-corrected chi connectivity index (χ0v) is 14.0. The third kappa shape index (κ3) is 3.58. The molecule has 0 radical (unpaired) electrons. The highest BCUT2D eigenvalue weighted by molar-refractivity contribution is 6.03. The molecule has 26 heavy (non-hydrogen) atoms. The Morgan fingerprint density at radius 1 is 1.08 bits per heavy atom. The van der Waals surface area contributed by atoms with Gasteiger partial charge in [-0.15, -0.1) is 5.10 Å². The average molecular weight is 360 g/mol. The van der Waals surface area contributed by atoms with Crippen molar-refractivity contribution in [3.63, 3.8) is 0 Å². The molecule has 0 saturated heterocycles. The van der Waals surface area contributed by atoms with E-state index in [2.05, 4.69) is 15.6 Å². The molecule has 0 atom stereocenters. The molecule has 1 amide bonds. The molecular weight excluding hydrogens is 345 g/mol. The molecule has 5 nitrogen and oxygen atoms in total. The highest BCUT2D eigenvalue weighted by Crippen LogP contribution is 2.30. The van der Waals surface area contributed by atoms with Gasteiger partial charge in [0, 0.05) is 5.69 Å². The molecule has 2 aromatic carbocycles. The van der Waals surface area contributed by atoms with Crippen LogP contribution in [0.25, 0.3) is 5.69 Å². The first-order valence-corrected chi connectivity index (χ1v) is 7.73. The van der Waals surface area contributed by atoms with Crippen LogP contribution in [0, 0.1) is 13.8 Å². The van der Waals surface area contributed by atoms with E-state index < -0.39 is 17.6 Å². The normalized spacial score (nSPS) is 11.4. The van der Waals surface area contributed by atoms with Crippen molar-refractivity contribution in [3.8, 4) is 5.69 Å². The van der Waals surface area contributed by atoms with Gasteiger partial charge in [-0.3, -0.25) is 4.79 Å². The number of carbonyl (C=O) groups excluding carboxylic acids is 1. The fraction of sp³-hybridized carbons (Fsp3) is 0.167. The van der Waals surface area contributed by atoms with E-state index >= 15 is 0 Å². The molecule has 3 rings (SSSR count). The first kappa shape index (κ1) is 17.7. The molecule has 0 saturated carbocycles. The van der Waals surface area contributed by atoms with E-state index in [9.17, 15) is 18.0 Å². The molecule has 0 spiro atoms. The largest absolute Gasteiger partial charge is 0.416 e. The van der Waals surface area contributed by atoms with Crippen molar-refractivity contribution in [2.75, 3.05) is 5.32 Å². The molecule has 0 aliphatic heterocycles. The zero-order chi connectivity index (χ0) is 18.9. The molecule has 0 fully saturated rings. The quantitative estimate of drug-likeness (QED) is 0.763. The van der Waals surface area contributed by atoms with E-state index in [4.69, 9.17) is 0 Å². The van der Waals surface area contributed by atoms with Gasteiger partial charge in [0.05, 0.1) is 16.9 Å². The maximum absolute atomic E-state index is 12.9. The Balaban J connectivity index is 1.88. The number of benzene rings is 2. The molecule has 0 aliphatic rings. The standard InChI is InChI=1S/C18H15F3N4O/c1-11-6-8-14(9-7-11)22-17(26)16-12(2)25(24-23-16)15-5-3-4-13(10-15)18(19,20)21/h3-10H,1-2H3,(H,22,26). The van der Waals surface area contributed by atoms with E-state index in [1.54, 1.807) is 19.1 Å². The third-order valence-corrected chi connectivity index (χ3v) is 3.84. The number of hydrogen-bond acceptors (Lipinski definition) is 3. The van der Waals surface area contributed by atoms with Crippen LogP contribution in [-0.4, -0.2) is 20.9 Å². The van der Waals surface area contributed by atoms with Crippen LogP contribution in [0.2, 0.25) is 0 Å². The monoisotopic (exact) mass is 360 g/mol. The second-order valence-electron chi connectivity index (χ2n) is 5.80. The van der Waals surface area contributed by atoms with Gasteiger partial charge in [0.15, 0.2) is 5.69 Å². The number of amides is 1. The molecular formula is C18H15F3N4O. The minimum absolute atomic E-state index is 0.0444. The molecule has 134 valence electrons. The zero-order valence-electron chi connectivity index (χ0n) is 14.0. The third-order valence-electron chi connectivity index (χ3n) is 3.84. The van der Waals surface area contributed by atoms with Gasteiger partial charge in [0.1, 0.15) is 0 Å². The van der Waals surface area contributed by atoms with Gasteiger partial charge >= 0.3 is 6.18 Å². The smallest absolute Gasteiger partial charge is 0.321 e. The van der Waals surface area contributed by atoms with Crippen molar-refractivity contribution in [3.05, 3.63) is 71.0 Å². The minimum atomic E-state index is -4.46. The fourth-order valence-corrected chi connectivity index (χ4v) is 2.43. The Labute approximate surface area is 147 Å². The number of rotatable bonds is 3. The number of nitrogens with zero attached hydrogens (tertiary/aromatic N) is 3. The average Bonchev–Trinajstić information content (AvgIpc) is 2.98. The molecule has 0 bridgehead atoms. The SMILES string of the molecule is Cc1ccc(NC(=O)c2nnn(-c3cccc(C(F)(F)F)c3)c2C)cc1. The maximum Gasteiger partial charge on any atom is 0.416 e. The summed E-state index contributed by atoms with van der Waals surface area (Å²) in [5.41, 5.74) is 1.41. The van der Waals surface area contributed by atoms with Crippen LogP contribution in [0.3, 0.4) is 0 Å². The Kier molecular flexibility index (Phi) is 4.50. The van der Waals surface area contributed by atoms with E-state index in [-0.39, 0.29) is 11.4 Å². The van der Waals surface area contributed by atoms with E-state index in [1.165, 1.54) is 16.8 Å². The topological polar surface area (TPSA) is 59.8 Å². The number of alkyl halides is 3. The second kappa shape index (κ2) is 6.62. The van der Waals surface area contributed by atoms with Crippen molar-refractivity contribution in [1.82, 2.24) is 15.0 Å².